The maximum atomic E-state index is 2.54. The van der Waals surface area contributed by atoms with Crippen LogP contribution in [0.25, 0.3) is 0 Å². The van der Waals surface area contributed by atoms with Crippen LogP contribution in [0.4, 0.5) is 28.4 Å². The van der Waals surface area contributed by atoms with Gasteiger partial charge in [0.25, 0.3) is 0 Å². The van der Waals surface area contributed by atoms with E-state index >= 15 is 0 Å². The summed E-state index contributed by atoms with van der Waals surface area (Å²) < 4.78 is 0. The van der Waals surface area contributed by atoms with Crippen LogP contribution in [-0.2, 0) is 11.8 Å². The van der Waals surface area contributed by atoms with Crippen molar-refractivity contribution in [2.75, 3.05) is 9.80 Å². The Labute approximate surface area is 265 Å². The lowest BCUT2D eigenvalue weighted by atomic mass is 9.55. The molecular weight excluding hydrogens is 553 g/mol. The van der Waals surface area contributed by atoms with Crippen molar-refractivity contribution in [3.63, 3.8) is 0 Å². The van der Waals surface area contributed by atoms with Crippen molar-refractivity contribution in [2.24, 2.45) is 5.41 Å². The first-order valence-corrected chi connectivity index (χ1v) is 16.3. The van der Waals surface area contributed by atoms with E-state index in [1.165, 1.54) is 54.9 Å². The fraction of sp³-hybridized carbons (Fsp3) is 0.171. The number of fused-ring (bicyclic) bond motifs is 4. The third kappa shape index (κ3) is 4.17. The van der Waals surface area contributed by atoms with Gasteiger partial charge in [0, 0.05) is 55.5 Å². The molecule has 2 nitrogen and oxygen atoms in total. The molecule has 0 fully saturated rings. The molecule has 0 saturated carbocycles. The molecule has 2 unspecified atom stereocenters. The van der Waals surface area contributed by atoms with Crippen LogP contribution in [-0.4, -0.2) is 6.04 Å². The highest BCUT2D eigenvalue weighted by atomic mass is 32.2. The van der Waals surface area contributed by atoms with Crippen molar-refractivity contribution in [3.8, 4) is 0 Å². The van der Waals surface area contributed by atoms with E-state index in [-0.39, 0.29) is 16.9 Å². The molecule has 2 heterocycles. The third-order valence-electron chi connectivity index (χ3n) is 10.2. The summed E-state index contributed by atoms with van der Waals surface area (Å²) in [6, 6.07) is 44.8. The second kappa shape index (κ2) is 10.3. The number of nitrogens with zero attached hydrogens (tertiary/aromatic N) is 2. The van der Waals surface area contributed by atoms with Gasteiger partial charge in [-0.3, -0.25) is 0 Å². The predicted molar refractivity (Wildman–Crippen MR) is 186 cm³/mol. The van der Waals surface area contributed by atoms with Crippen molar-refractivity contribution in [1.82, 2.24) is 0 Å². The third-order valence-corrected chi connectivity index (χ3v) is 11.2. The van der Waals surface area contributed by atoms with Crippen molar-refractivity contribution in [3.05, 3.63) is 162 Å². The van der Waals surface area contributed by atoms with Crippen LogP contribution in [0.15, 0.2) is 155 Å². The van der Waals surface area contributed by atoms with Gasteiger partial charge in [0.1, 0.15) is 0 Å². The Hall–Kier alpha value is -4.47. The van der Waals surface area contributed by atoms with Crippen molar-refractivity contribution in [2.45, 2.75) is 48.4 Å². The molecular formula is C41H36N2S. The fourth-order valence-corrected chi connectivity index (χ4v) is 8.27. The number of rotatable bonds is 4. The summed E-state index contributed by atoms with van der Waals surface area (Å²) in [7, 11) is 0. The molecule has 2 aliphatic heterocycles. The van der Waals surface area contributed by atoms with Gasteiger partial charge in [0.05, 0.1) is 6.04 Å². The molecule has 5 aromatic carbocycles. The lowest BCUT2D eigenvalue weighted by Gasteiger charge is -2.57. The predicted octanol–water partition coefficient (Wildman–Crippen LogP) is 11.1. The van der Waals surface area contributed by atoms with E-state index in [1.54, 1.807) is 0 Å². The maximum absolute atomic E-state index is 2.54. The molecule has 3 aliphatic rings. The summed E-state index contributed by atoms with van der Waals surface area (Å²) in [6.45, 7) is 7.20. The second-order valence-corrected chi connectivity index (χ2v) is 14.0. The Morgan fingerprint density at radius 3 is 1.77 bits per heavy atom. The van der Waals surface area contributed by atoms with Crippen LogP contribution in [0.2, 0.25) is 0 Å². The van der Waals surface area contributed by atoms with Gasteiger partial charge in [-0.05, 0) is 83.4 Å². The van der Waals surface area contributed by atoms with Gasteiger partial charge < -0.3 is 9.80 Å². The average Bonchev–Trinajstić information content (AvgIpc) is 3.05. The normalized spacial score (nSPS) is 20.8. The van der Waals surface area contributed by atoms with Crippen LogP contribution in [0.1, 0.15) is 37.5 Å². The Kier molecular flexibility index (Phi) is 6.36. The highest BCUT2D eigenvalue weighted by molar-refractivity contribution is 7.99. The number of allylic oxidation sites excluding steroid dienone is 2. The van der Waals surface area contributed by atoms with Gasteiger partial charge in [-0.15, -0.1) is 0 Å². The SMILES string of the molecule is CC1(C)c2ccccc2N(c2ccc(Sc3ccc(N4c5ccccc5Cc5ccccc54)cc3)cc2)C2C=CC=CC21C. The quantitative estimate of drug-likeness (QED) is 0.202. The minimum atomic E-state index is -0.0271. The molecule has 5 aromatic rings. The molecule has 0 aromatic heterocycles. The molecule has 0 amide bonds. The summed E-state index contributed by atoms with van der Waals surface area (Å²) >= 11 is 1.81. The molecule has 3 heteroatoms. The molecule has 0 radical (unpaired) electrons. The van der Waals surface area contributed by atoms with E-state index in [0.717, 1.165) is 6.42 Å². The Bertz CT molecular complexity index is 1870. The molecule has 0 saturated heterocycles. The van der Waals surface area contributed by atoms with Crippen LogP contribution in [0.5, 0.6) is 0 Å². The topological polar surface area (TPSA) is 6.48 Å². The van der Waals surface area contributed by atoms with Crippen LogP contribution < -0.4 is 9.80 Å². The summed E-state index contributed by atoms with van der Waals surface area (Å²) in [4.78, 5) is 7.41. The van der Waals surface area contributed by atoms with E-state index < -0.39 is 0 Å². The first kappa shape index (κ1) is 27.1. The summed E-state index contributed by atoms with van der Waals surface area (Å²) in [6.07, 6.45) is 10.2. The number of para-hydroxylation sites is 3. The molecule has 44 heavy (non-hydrogen) atoms. The maximum Gasteiger partial charge on any atom is 0.0622 e. The Morgan fingerprint density at radius 1 is 0.591 bits per heavy atom. The zero-order chi connectivity index (χ0) is 29.9. The smallest absolute Gasteiger partial charge is 0.0622 e. The molecule has 1 aliphatic carbocycles. The summed E-state index contributed by atoms with van der Waals surface area (Å²) in [5.41, 5.74) is 10.4. The van der Waals surface area contributed by atoms with Crippen molar-refractivity contribution >= 4 is 40.2 Å². The molecule has 0 N–H and O–H groups in total. The summed E-state index contributed by atoms with van der Waals surface area (Å²) in [5.74, 6) is 0. The van der Waals surface area contributed by atoms with Gasteiger partial charge in [-0.2, -0.15) is 0 Å². The molecule has 0 bridgehead atoms. The van der Waals surface area contributed by atoms with Gasteiger partial charge in [-0.25, -0.2) is 0 Å². The van der Waals surface area contributed by atoms with Crippen molar-refractivity contribution < 1.29 is 0 Å². The zero-order valence-corrected chi connectivity index (χ0v) is 26.3. The number of hydrogen-bond acceptors (Lipinski definition) is 3. The second-order valence-electron chi connectivity index (χ2n) is 12.8. The fourth-order valence-electron chi connectivity index (χ4n) is 7.45. The van der Waals surface area contributed by atoms with E-state index in [4.69, 9.17) is 0 Å². The highest BCUT2D eigenvalue weighted by Gasteiger charge is 2.53. The van der Waals surface area contributed by atoms with E-state index in [1.807, 2.05) is 11.8 Å². The first-order chi connectivity index (χ1) is 21.4. The van der Waals surface area contributed by atoms with E-state index in [2.05, 4.69) is 176 Å². The van der Waals surface area contributed by atoms with Gasteiger partial charge in [0.2, 0.25) is 0 Å². The number of benzene rings is 5. The lowest BCUT2D eigenvalue weighted by Crippen LogP contribution is -2.57. The van der Waals surface area contributed by atoms with E-state index in [9.17, 15) is 0 Å². The molecule has 8 rings (SSSR count). The molecule has 216 valence electrons. The van der Waals surface area contributed by atoms with Gasteiger partial charge >= 0.3 is 0 Å². The van der Waals surface area contributed by atoms with E-state index in [0.29, 0.717) is 0 Å². The zero-order valence-electron chi connectivity index (χ0n) is 25.4. The number of hydrogen-bond donors (Lipinski definition) is 0. The van der Waals surface area contributed by atoms with Crippen molar-refractivity contribution in [1.29, 1.82) is 0 Å². The Balaban J connectivity index is 1.08. The lowest BCUT2D eigenvalue weighted by molar-refractivity contribution is 0.199. The summed E-state index contributed by atoms with van der Waals surface area (Å²) in [5, 5.41) is 0. The first-order valence-electron chi connectivity index (χ1n) is 15.5. The monoisotopic (exact) mass is 588 g/mol. The van der Waals surface area contributed by atoms with Crippen LogP contribution in [0.3, 0.4) is 0 Å². The largest absolute Gasteiger partial charge is 0.333 e. The number of anilines is 5. The minimum Gasteiger partial charge on any atom is -0.333 e. The van der Waals surface area contributed by atoms with Crippen LogP contribution >= 0.6 is 11.8 Å². The highest BCUT2D eigenvalue weighted by Crippen LogP contribution is 2.57. The van der Waals surface area contributed by atoms with Gasteiger partial charge in [-0.1, -0.05) is 111 Å². The minimum absolute atomic E-state index is 0.00628. The van der Waals surface area contributed by atoms with Crippen LogP contribution in [0, 0.1) is 5.41 Å². The molecule has 0 spiro atoms. The molecule has 2 atom stereocenters. The average molecular weight is 589 g/mol. The standard InChI is InChI=1S/C41H36N2S/c1-40(2)35-14-6-9-17-38(35)43(39-18-10-11-27-41(39,40)3)32-21-25-34(26-22-32)44-33-23-19-31(20-24-33)42-36-15-7-4-12-29(36)28-30-13-5-8-16-37(30)42/h4-27,39H,28H2,1-3H3. The Morgan fingerprint density at radius 2 is 1.14 bits per heavy atom. The van der Waals surface area contributed by atoms with Gasteiger partial charge in [0.15, 0.2) is 0 Å².